The first-order valence-electron chi connectivity index (χ1n) is 9.65. The highest BCUT2D eigenvalue weighted by Crippen LogP contribution is 2.21. The highest BCUT2D eigenvalue weighted by molar-refractivity contribution is 14.0. The maximum absolute atomic E-state index is 5.97. The molecule has 2 atom stereocenters. The van der Waals surface area contributed by atoms with Crippen molar-refractivity contribution in [3.8, 4) is 0 Å². The fraction of sp³-hybridized carbons (Fsp3) is 0.650. The summed E-state index contributed by atoms with van der Waals surface area (Å²) in [5.41, 5.74) is 2.69. The Labute approximate surface area is 174 Å². The Morgan fingerprint density at radius 3 is 2.62 bits per heavy atom. The van der Waals surface area contributed by atoms with Gasteiger partial charge in [0.25, 0.3) is 0 Å². The summed E-state index contributed by atoms with van der Waals surface area (Å²) < 4.78 is 11.8. The summed E-state index contributed by atoms with van der Waals surface area (Å²) in [5, 5.41) is 3.45. The minimum Gasteiger partial charge on any atom is -0.375 e. The van der Waals surface area contributed by atoms with E-state index in [9.17, 15) is 0 Å². The third-order valence-electron chi connectivity index (χ3n) is 5.01. The van der Waals surface area contributed by atoms with E-state index in [1.165, 1.54) is 11.1 Å². The molecule has 2 heterocycles. The van der Waals surface area contributed by atoms with Crippen LogP contribution in [0.3, 0.4) is 0 Å². The Morgan fingerprint density at radius 1 is 1.15 bits per heavy atom. The molecule has 2 aliphatic heterocycles. The van der Waals surface area contributed by atoms with Gasteiger partial charge in [0.1, 0.15) is 6.10 Å². The van der Waals surface area contributed by atoms with Crippen LogP contribution in [-0.2, 0) is 22.4 Å². The van der Waals surface area contributed by atoms with E-state index in [0.29, 0.717) is 6.54 Å². The highest BCUT2D eigenvalue weighted by atomic mass is 127. The van der Waals surface area contributed by atoms with Gasteiger partial charge < -0.3 is 19.7 Å². The number of morpholine rings is 1. The number of aliphatic imine (C=N–C) groups is 1. The zero-order chi connectivity index (χ0) is 17.5. The van der Waals surface area contributed by atoms with Crippen molar-refractivity contribution in [2.75, 3.05) is 32.8 Å². The minimum absolute atomic E-state index is 0. The van der Waals surface area contributed by atoms with E-state index in [0.717, 1.165) is 58.1 Å². The monoisotopic (exact) mass is 473 g/mol. The summed E-state index contributed by atoms with van der Waals surface area (Å²) in [6.45, 7) is 9.24. The molecule has 1 aromatic rings. The van der Waals surface area contributed by atoms with Crippen molar-refractivity contribution in [2.45, 2.75) is 51.9 Å². The molecule has 0 bridgehead atoms. The Balaban J connectivity index is 0.00000243. The van der Waals surface area contributed by atoms with Crippen molar-refractivity contribution >= 4 is 29.9 Å². The van der Waals surface area contributed by atoms with E-state index >= 15 is 0 Å². The molecular weight excluding hydrogens is 441 g/mol. The zero-order valence-corrected chi connectivity index (χ0v) is 18.3. The van der Waals surface area contributed by atoms with Crippen LogP contribution in [0.25, 0.3) is 0 Å². The molecule has 0 saturated carbocycles. The standard InChI is InChI=1S/C20H31N3O2.HI/c1-3-16-8-5-6-9-17(16)14-22-20(21-4-2)23-11-13-25-19(15-23)18-10-7-12-24-18;/h5-6,8-9,18-19H,3-4,7,10-15H2,1-2H3,(H,21,22);1H. The molecule has 6 heteroatoms. The van der Waals surface area contributed by atoms with Crippen molar-refractivity contribution in [3.63, 3.8) is 0 Å². The summed E-state index contributed by atoms with van der Waals surface area (Å²) in [5.74, 6) is 0.986. The first-order chi connectivity index (χ1) is 12.3. The number of ether oxygens (including phenoxy) is 2. The molecule has 0 spiro atoms. The molecule has 0 aliphatic carbocycles. The van der Waals surface area contributed by atoms with Gasteiger partial charge in [0, 0.05) is 26.2 Å². The molecule has 0 amide bonds. The van der Waals surface area contributed by atoms with Crippen molar-refractivity contribution in [1.29, 1.82) is 0 Å². The first kappa shape index (κ1) is 21.4. The van der Waals surface area contributed by atoms with Gasteiger partial charge in [0.2, 0.25) is 0 Å². The van der Waals surface area contributed by atoms with Crippen LogP contribution in [0.2, 0.25) is 0 Å². The number of aryl methyl sites for hydroxylation is 1. The van der Waals surface area contributed by atoms with Crippen LogP contribution in [0, 0.1) is 0 Å². The van der Waals surface area contributed by atoms with E-state index in [1.54, 1.807) is 0 Å². The predicted molar refractivity (Wildman–Crippen MR) is 116 cm³/mol. The number of hydrogen-bond donors (Lipinski definition) is 1. The summed E-state index contributed by atoms with van der Waals surface area (Å²) in [6, 6.07) is 8.57. The van der Waals surface area contributed by atoms with E-state index in [-0.39, 0.29) is 36.2 Å². The molecule has 2 saturated heterocycles. The second-order valence-corrected chi connectivity index (χ2v) is 6.70. The average Bonchev–Trinajstić information content (AvgIpc) is 3.20. The molecular formula is C20H32IN3O2. The first-order valence-corrected chi connectivity index (χ1v) is 9.65. The molecule has 1 N–H and O–H groups in total. The van der Waals surface area contributed by atoms with Gasteiger partial charge >= 0.3 is 0 Å². The van der Waals surface area contributed by atoms with E-state index in [2.05, 4.69) is 48.3 Å². The van der Waals surface area contributed by atoms with Gasteiger partial charge in [0.05, 0.1) is 19.3 Å². The number of nitrogens with one attached hydrogen (secondary N) is 1. The summed E-state index contributed by atoms with van der Waals surface area (Å²) in [4.78, 5) is 7.24. The second-order valence-electron chi connectivity index (χ2n) is 6.70. The maximum atomic E-state index is 5.97. The van der Waals surface area contributed by atoms with Gasteiger partial charge in [-0.1, -0.05) is 31.2 Å². The average molecular weight is 473 g/mol. The van der Waals surface area contributed by atoms with Crippen LogP contribution in [0.5, 0.6) is 0 Å². The molecule has 2 fully saturated rings. The van der Waals surface area contributed by atoms with E-state index < -0.39 is 0 Å². The second kappa shape index (κ2) is 11.1. The normalized spacial score (nSPS) is 23.6. The number of halogens is 1. The van der Waals surface area contributed by atoms with Gasteiger partial charge in [-0.15, -0.1) is 24.0 Å². The van der Waals surface area contributed by atoms with Gasteiger partial charge in [0.15, 0.2) is 5.96 Å². The Kier molecular flexibility index (Phi) is 9.15. The number of hydrogen-bond acceptors (Lipinski definition) is 3. The molecule has 2 aliphatic rings. The molecule has 1 aromatic carbocycles. The Hall–Kier alpha value is -0.860. The largest absolute Gasteiger partial charge is 0.375 e. The lowest BCUT2D eigenvalue weighted by molar-refractivity contribution is -0.0817. The maximum Gasteiger partial charge on any atom is 0.194 e. The number of guanidine groups is 1. The molecule has 146 valence electrons. The molecule has 2 unspecified atom stereocenters. The third-order valence-corrected chi connectivity index (χ3v) is 5.01. The molecule has 0 aromatic heterocycles. The topological polar surface area (TPSA) is 46.1 Å². The van der Waals surface area contributed by atoms with Gasteiger partial charge in [-0.2, -0.15) is 0 Å². The van der Waals surface area contributed by atoms with Crippen LogP contribution in [-0.4, -0.2) is 55.9 Å². The number of benzene rings is 1. The van der Waals surface area contributed by atoms with E-state index in [1.807, 2.05) is 0 Å². The zero-order valence-electron chi connectivity index (χ0n) is 15.9. The van der Waals surface area contributed by atoms with Gasteiger partial charge in [-0.3, -0.25) is 0 Å². The van der Waals surface area contributed by atoms with Gasteiger partial charge in [-0.25, -0.2) is 4.99 Å². The summed E-state index contributed by atoms with van der Waals surface area (Å²) >= 11 is 0. The summed E-state index contributed by atoms with van der Waals surface area (Å²) in [6.07, 6.45) is 3.69. The van der Waals surface area contributed by atoms with Crippen LogP contribution < -0.4 is 5.32 Å². The lowest BCUT2D eigenvalue weighted by Gasteiger charge is -2.37. The SMILES string of the molecule is CCNC(=NCc1ccccc1CC)N1CCOC(C2CCCO2)C1.I. The van der Waals surface area contributed by atoms with Crippen LogP contribution in [0.4, 0.5) is 0 Å². The van der Waals surface area contributed by atoms with Crippen molar-refractivity contribution in [1.82, 2.24) is 10.2 Å². The van der Waals surface area contributed by atoms with Crippen LogP contribution >= 0.6 is 24.0 Å². The smallest absolute Gasteiger partial charge is 0.194 e. The van der Waals surface area contributed by atoms with Crippen molar-refractivity contribution in [2.24, 2.45) is 4.99 Å². The minimum atomic E-state index is 0. The molecule has 3 rings (SSSR count). The van der Waals surface area contributed by atoms with Gasteiger partial charge in [-0.05, 0) is 37.3 Å². The lowest BCUT2D eigenvalue weighted by Crippen LogP contribution is -2.53. The van der Waals surface area contributed by atoms with Crippen molar-refractivity contribution in [3.05, 3.63) is 35.4 Å². The van der Waals surface area contributed by atoms with Crippen LogP contribution in [0.15, 0.2) is 29.3 Å². The predicted octanol–water partition coefficient (Wildman–Crippen LogP) is 3.21. The third kappa shape index (κ3) is 5.57. The van der Waals surface area contributed by atoms with Crippen molar-refractivity contribution < 1.29 is 9.47 Å². The molecule has 5 nitrogen and oxygen atoms in total. The quantitative estimate of drug-likeness (QED) is 0.406. The fourth-order valence-corrected chi connectivity index (χ4v) is 3.63. The fourth-order valence-electron chi connectivity index (χ4n) is 3.63. The molecule has 26 heavy (non-hydrogen) atoms. The summed E-state index contributed by atoms with van der Waals surface area (Å²) in [7, 11) is 0. The van der Waals surface area contributed by atoms with E-state index in [4.69, 9.17) is 14.5 Å². The Morgan fingerprint density at radius 2 is 1.92 bits per heavy atom. The Bertz CT molecular complexity index is 576. The van der Waals surface area contributed by atoms with Crippen LogP contribution in [0.1, 0.15) is 37.8 Å². The number of rotatable bonds is 5. The molecule has 0 radical (unpaired) electrons. The number of nitrogens with zero attached hydrogens (tertiary/aromatic N) is 2. The highest BCUT2D eigenvalue weighted by Gasteiger charge is 2.32. The lowest BCUT2D eigenvalue weighted by atomic mass is 10.1.